The van der Waals surface area contributed by atoms with E-state index in [2.05, 4.69) is 25.6 Å². The second-order valence-electron chi connectivity index (χ2n) is 11.6. The van der Waals surface area contributed by atoms with E-state index in [1.165, 1.54) is 18.8 Å². The molecule has 0 spiro atoms. The van der Waals surface area contributed by atoms with Crippen LogP contribution in [0.5, 0.6) is 0 Å². The average Bonchev–Trinajstić information content (AvgIpc) is 3.11. The van der Waals surface area contributed by atoms with E-state index in [4.69, 9.17) is 4.42 Å². The average molecular weight is 634 g/mol. The Morgan fingerprint density at radius 1 is 0.708 bits per heavy atom. The number of pyridine rings is 2. The molecule has 0 radical (unpaired) electrons. The van der Waals surface area contributed by atoms with Gasteiger partial charge in [0.15, 0.2) is 0 Å². The zero-order valence-corrected chi connectivity index (χ0v) is 25.9. The normalized spacial score (nSPS) is 12.6. The summed E-state index contributed by atoms with van der Waals surface area (Å²) in [4.78, 5) is 49.9. The van der Waals surface area contributed by atoms with Gasteiger partial charge in [-0.05, 0) is 64.6 Å². The van der Waals surface area contributed by atoms with Crippen LogP contribution in [0.1, 0.15) is 40.0 Å². The van der Waals surface area contributed by atoms with Crippen LogP contribution in [0.15, 0.2) is 131 Å². The maximum absolute atomic E-state index is 12.9. The van der Waals surface area contributed by atoms with Gasteiger partial charge in [0, 0.05) is 42.5 Å². The van der Waals surface area contributed by atoms with Crippen molar-refractivity contribution in [3.05, 3.63) is 143 Å². The Bertz CT molecular complexity index is 2340. The molecule has 4 aromatic carbocycles. The molecule has 1 fully saturated rings. The van der Waals surface area contributed by atoms with Crippen molar-refractivity contribution in [1.82, 2.24) is 20.3 Å². The van der Waals surface area contributed by atoms with Gasteiger partial charge in [-0.3, -0.25) is 19.6 Å². The summed E-state index contributed by atoms with van der Waals surface area (Å²) in [6.07, 6.45) is 9.72. The van der Waals surface area contributed by atoms with Crippen LogP contribution >= 0.6 is 0 Å². The number of carbonyl (C=O) groups excluding carboxylic acids is 2. The van der Waals surface area contributed by atoms with E-state index in [9.17, 15) is 14.4 Å². The quantitative estimate of drug-likeness (QED) is 0.195. The molecule has 0 unspecified atom stereocenters. The van der Waals surface area contributed by atoms with Gasteiger partial charge < -0.3 is 15.1 Å². The third-order valence-electron chi connectivity index (χ3n) is 8.57. The number of anilines is 1. The number of amides is 2. The lowest BCUT2D eigenvalue weighted by atomic mass is 9.85. The summed E-state index contributed by atoms with van der Waals surface area (Å²) in [5.74, 6) is 0.448. The lowest BCUT2D eigenvalue weighted by Crippen LogP contribution is -2.32. The third kappa shape index (κ3) is 6.39. The van der Waals surface area contributed by atoms with E-state index < -0.39 is 5.63 Å². The van der Waals surface area contributed by atoms with Crippen LogP contribution in [-0.4, -0.2) is 33.3 Å². The van der Waals surface area contributed by atoms with Crippen molar-refractivity contribution >= 4 is 49.9 Å². The molecule has 0 bridgehead atoms. The van der Waals surface area contributed by atoms with Gasteiger partial charge in [0.1, 0.15) is 5.39 Å². The fourth-order valence-electron chi connectivity index (χ4n) is 5.77. The van der Waals surface area contributed by atoms with Gasteiger partial charge in [-0.15, -0.1) is 0 Å². The zero-order valence-electron chi connectivity index (χ0n) is 25.9. The number of fused-ring (bicyclic) bond motifs is 3. The van der Waals surface area contributed by atoms with E-state index in [0.717, 1.165) is 39.9 Å². The van der Waals surface area contributed by atoms with Crippen LogP contribution in [0.3, 0.4) is 0 Å². The van der Waals surface area contributed by atoms with Crippen molar-refractivity contribution in [2.75, 3.05) is 11.9 Å². The Labute approximate surface area is 275 Å². The van der Waals surface area contributed by atoms with Crippen molar-refractivity contribution in [3.8, 4) is 11.5 Å². The van der Waals surface area contributed by atoms with E-state index in [1.54, 1.807) is 30.6 Å². The first kappa shape index (κ1) is 30.4. The molecule has 0 atom stereocenters. The SMILES string of the molecule is O=C(NCC1CCC1)c1cnccc1NC(=O)c1cccc2ccccc12.O=c1oc(-c2cccc3ccccc23)nc2ccncc12. The van der Waals surface area contributed by atoms with E-state index in [1.807, 2.05) is 78.9 Å². The fourth-order valence-corrected chi connectivity index (χ4v) is 5.77. The molecule has 2 amide bonds. The Balaban J connectivity index is 0.000000156. The number of benzene rings is 4. The minimum Gasteiger partial charge on any atom is -0.403 e. The van der Waals surface area contributed by atoms with Gasteiger partial charge in [-0.1, -0.05) is 79.2 Å². The van der Waals surface area contributed by atoms with Gasteiger partial charge in [-0.2, -0.15) is 0 Å². The largest absolute Gasteiger partial charge is 0.403 e. The molecule has 0 aliphatic heterocycles. The summed E-state index contributed by atoms with van der Waals surface area (Å²) in [7, 11) is 0. The van der Waals surface area contributed by atoms with Crippen LogP contribution in [0.25, 0.3) is 43.9 Å². The second kappa shape index (κ2) is 13.6. The van der Waals surface area contributed by atoms with Crippen molar-refractivity contribution < 1.29 is 14.0 Å². The summed E-state index contributed by atoms with van der Waals surface area (Å²) in [5.41, 5.74) is 2.40. The van der Waals surface area contributed by atoms with Gasteiger partial charge in [-0.25, -0.2) is 9.78 Å². The van der Waals surface area contributed by atoms with Crippen LogP contribution in [0.4, 0.5) is 5.69 Å². The zero-order chi connectivity index (χ0) is 32.9. The van der Waals surface area contributed by atoms with E-state index >= 15 is 0 Å². The number of aromatic nitrogens is 3. The fraction of sp³-hybridized carbons (Fsp3) is 0.128. The highest BCUT2D eigenvalue weighted by Crippen LogP contribution is 2.28. The van der Waals surface area contributed by atoms with Crippen LogP contribution in [0.2, 0.25) is 0 Å². The number of rotatable bonds is 6. The van der Waals surface area contributed by atoms with E-state index in [0.29, 0.717) is 46.1 Å². The highest BCUT2D eigenvalue weighted by atomic mass is 16.4. The minimum absolute atomic E-state index is 0.205. The van der Waals surface area contributed by atoms with Crippen LogP contribution in [0, 0.1) is 5.92 Å². The summed E-state index contributed by atoms with van der Waals surface area (Å²) in [6, 6.07) is 30.5. The lowest BCUT2D eigenvalue weighted by molar-refractivity contribution is 0.0939. The molecule has 3 aromatic heterocycles. The first-order valence-corrected chi connectivity index (χ1v) is 15.8. The Hall–Kier alpha value is -6.22. The van der Waals surface area contributed by atoms with Crippen LogP contribution in [-0.2, 0) is 0 Å². The maximum atomic E-state index is 12.9. The molecule has 8 rings (SSSR count). The Morgan fingerprint density at radius 2 is 1.40 bits per heavy atom. The number of hydrogen-bond acceptors (Lipinski definition) is 7. The number of nitrogens with zero attached hydrogens (tertiary/aromatic N) is 3. The second-order valence-corrected chi connectivity index (χ2v) is 11.6. The monoisotopic (exact) mass is 633 g/mol. The molecular formula is C39H31N5O4. The smallest absolute Gasteiger partial charge is 0.348 e. The third-order valence-corrected chi connectivity index (χ3v) is 8.57. The Morgan fingerprint density at radius 3 is 2.19 bits per heavy atom. The predicted octanol–water partition coefficient (Wildman–Crippen LogP) is 7.42. The minimum atomic E-state index is -0.420. The van der Waals surface area contributed by atoms with Gasteiger partial charge in [0.2, 0.25) is 5.89 Å². The van der Waals surface area contributed by atoms with Crippen molar-refractivity contribution in [2.45, 2.75) is 19.3 Å². The summed E-state index contributed by atoms with van der Waals surface area (Å²) in [6.45, 7) is 0.671. The molecular weight excluding hydrogens is 602 g/mol. The molecule has 9 nitrogen and oxygen atoms in total. The van der Waals surface area contributed by atoms with Gasteiger partial charge >= 0.3 is 5.63 Å². The Kier molecular flexibility index (Phi) is 8.65. The number of nitrogens with one attached hydrogen (secondary N) is 2. The highest BCUT2D eigenvalue weighted by molar-refractivity contribution is 6.14. The van der Waals surface area contributed by atoms with Gasteiger partial charge in [0.25, 0.3) is 11.8 Å². The van der Waals surface area contributed by atoms with Crippen LogP contribution < -0.4 is 16.3 Å². The molecule has 1 aliphatic rings. The van der Waals surface area contributed by atoms with Crippen molar-refractivity contribution in [2.24, 2.45) is 5.92 Å². The topological polar surface area (TPSA) is 127 Å². The van der Waals surface area contributed by atoms with Crippen molar-refractivity contribution in [1.29, 1.82) is 0 Å². The molecule has 7 aromatic rings. The molecule has 48 heavy (non-hydrogen) atoms. The molecule has 9 heteroatoms. The summed E-state index contributed by atoms with van der Waals surface area (Å²) in [5, 5.41) is 10.2. The summed E-state index contributed by atoms with van der Waals surface area (Å²) >= 11 is 0. The molecule has 1 aliphatic carbocycles. The lowest BCUT2D eigenvalue weighted by Gasteiger charge is -2.25. The maximum Gasteiger partial charge on any atom is 0.348 e. The standard InChI is InChI=1S/C22H21N3O2.C17H10N2O2/c26-21(24-13-15-5-3-6-15)19-14-23-12-11-20(19)25-22(27)18-10-4-8-16-7-1-2-9-17(16)18;20-17-14-10-18-9-8-15(14)19-16(21-17)13-7-3-5-11-4-1-2-6-12(11)13/h1-2,4,7-12,14-15H,3,5-6,13H2,(H,24,26)(H,23,25,27);1-10H. The van der Waals surface area contributed by atoms with Crippen molar-refractivity contribution in [3.63, 3.8) is 0 Å². The van der Waals surface area contributed by atoms with Gasteiger partial charge in [0.05, 0.1) is 16.8 Å². The number of hydrogen-bond donors (Lipinski definition) is 2. The molecule has 3 heterocycles. The molecule has 0 saturated heterocycles. The predicted molar refractivity (Wildman–Crippen MR) is 187 cm³/mol. The summed E-state index contributed by atoms with van der Waals surface area (Å²) < 4.78 is 5.38. The first-order chi connectivity index (χ1) is 23.5. The highest BCUT2D eigenvalue weighted by Gasteiger charge is 2.20. The first-order valence-electron chi connectivity index (χ1n) is 15.8. The van der Waals surface area contributed by atoms with E-state index in [-0.39, 0.29) is 11.8 Å². The number of carbonyl (C=O) groups is 2. The molecule has 1 saturated carbocycles. The molecule has 2 N–H and O–H groups in total. The molecule has 236 valence electrons.